The Hall–Kier alpha value is -1.13. The Bertz CT molecular complexity index is 437. The van der Waals surface area contributed by atoms with Crippen LogP contribution in [0.25, 0.3) is 0 Å². The molecule has 0 bridgehead atoms. The topological polar surface area (TPSA) is 42.4 Å². The number of hydrogen-bond acceptors (Lipinski definition) is 3. The van der Waals surface area contributed by atoms with Crippen LogP contribution in [-0.4, -0.2) is 42.1 Å². The molecule has 0 aliphatic carbocycles. The average Bonchev–Trinajstić information content (AvgIpc) is 2.39. The summed E-state index contributed by atoms with van der Waals surface area (Å²) in [5.41, 5.74) is 1.41. The fraction of sp³-hybridized carbons (Fsp3) is 0.571. The van der Waals surface area contributed by atoms with E-state index in [2.05, 4.69) is 4.98 Å². The Balaban J connectivity index is 3.00. The van der Waals surface area contributed by atoms with Gasteiger partial charge in [-0.25, -0.2) is 4.98 Å². The summed E-state index contributed by atoms with van der Waals surface area (Å²) in [6.45, 7) is 7.05. The fourth-order valence-electron chi connectivity index (χ4n) is 2.01. The van der Waals surface area contributed by atoms with E-state index in [0.29, 0.717) is 23.9 Å². The van der Waals surface area contributed by atoms with Crippen molar-refractivity contribution in [1.82, 2.24) is 9.88 Å². The molecular formula is C14H21ClN2O2. The molecule has 1 heterocycles. The predicted octanol–water partition coefficient (Wildman–Crippen LogP) is 2.79. The number of methoxy groups -OCH3 is 1. The van der Waals surface area contributed by atoms with Crippen LogP contribution in [-0.2, 0) is 11.2 Å². The first-order chi connectivity index (χ1) is 9.03. The number of aromatic nitrogens is 1. The summed E-state index contributed by atoms with van der Waals surface area (Å²) >= 11 is 5.95. The van der Waals surface area contributed by atoms with Gasteiger partial charge in [-0.2, -0.15) is 0 Å². The molecule has 1 rings (SSSR count). The summed E-state index contributed by atoms with van der Waals surface area (Å²) in [5.74, 6) is -0.0361. The van der Waals surface area contributed by atoms with Gasteiger partial charge >= 0.3 is 0 Å². The molecule has 4 nitrogen and oxygen atoms in total. The molecule has 0 N–H and O–H groups in total. The van der Waals surface area contributed by atoms with Crippen molar-refractivity contribution in [3.63, 3.8) is 0 Å². The number of hydrogen-bond donors (Lipinski definition) is 0. The highest BCUT2D eigenvalue weighted by molar-refractivity contribution is 6.29. The number of amides is 1. The number of rotatable bonds is 6. The summed E-state index contributed by atoms with van der Waals surface area (Å²) < 4.78 is 5.11. The van der Waals surface area contributed by atoms with Crippen molar-refractivity contribution >= 4 is 17.5 Å². The van der Waals surface area contributed by atoms with Gasteiger partial charge in [0.2, 0.25) is 0 Å². The molecule has 5 heteroatoms. The number of likely N-dealkylation sites (N-methyl/N-ethyl adjacent to an activating group) is 1. The maximum atomic E-state index is 12.5. The third-order valence-electron chi connectivity index (χ3n) is 3.00. The lowest BCUT2D eigenvalue weighted by Gasteiger charge is -2.27. The zero-order valence-corrected chi connectivity index (χ0v) is 12.7. The largest absolute Gasteiger partial charge is 0.383 e. The van der Waals surface area contributed by atoms with Gasteiger partial charge in [-0.1, -0.05) is 18.5 Å². The zero-order chi connectivity index (χ0) is 14.4. The second-order valence-corrected chi connectivity index (χ2v) is 4.81. The first kappa shape index (κ1) is 15.9. The first-order valence-electron chi connectivity index (χ1n) is 6.49. The number of ether oxygens (including phenoxy) is 1. The lowest BCUT2D eigenvalue weighted by Crippen LogP contribution is -2.41. The Morgan fingerprint density at radius 1 is 1.47 bits per heavy atom. The van der Waals surface area contributed by atoms with E-state index in [1.807, 2.05) is 20.8 Å². The molecule has 0 spiro atoms. The SMILES string of the molecule is CCc1cc(C(=O)N(CC)C(C)COC)cc(Cl)n1. The van der Waals surface area contributed by atoms with Gasteiger partial charge in [-0.3, -0.25) is 4.79 Å². The minimum absolute atomic E-state index is 0.0273. The van der Waals surface area contributed by atoms with Gasteiger partial charge in [0.25, 0.3) is 5.91 Å². The molecule has 1 atom stereocenters. The molecule has 19 heavy (non-hydrogen) atoms. The van der Waals surface area contributed by atoms with E-state index >= 15 is 0 Å². The minimum Gasteiger partial charge on any atom is -0.383 e. The number of pyridine rings is 1. The molecule has 1 amide bonds. The lowest BCUT2D eigenvalue weighted by molar-refractivity contribution is 0.0579. The molecule has 0 saturated carbocycles. The highest BCUT2D eigenvalue weighted by atomic mass is 35.5. The second kappa shape index (κ2) is 7.46. The maximum absolute atomic E-state index is 12.5. The minimum atomic E-state index is -0.0361. The highest BCUT2D eigenvalue weighted by Gasteiger charge is 2.20. The molecule has 0 aliphatic rings. The van der Waals surface area contributed by atoms with Gasteiger partial charge in [-0.15, -0.1) is 0 Å². The average molecular weight is 285 g/mol. The molecule has 0 aliphatic heterocycles. The van der Waals surface area contributed by atoms with E-state index in [9.17, 15) is 4.79 Å². The quantitative estimate of drug-likeness (QED) is 0.755. The molecule has 0 fully saturated rings. The van der Waals surface area contributed by atoms with Crippen LogP contribution in [0, 0.1) is 0 Å². The van der Waals surface area contributed by atoms with Crippen LogP contribution in [0.4, 0.5) is 0 Å². The Morgan fingerprint density at radius 3 is 2.68 bits per heavy atom. The molecule has 1 aromatic heterocycles. The van der Waals surface area contributed by atoms with E-state index < -0.39 is 0 Å². The van der Waals surface area contributed by atoms with E-state index in [1.54, 1.807) is 24.1 Å². The summed E-state index contributed by atoms with van der Waals surface area (Å²) in [4.78, 5) is 18.4. The number of halogens is 1. The zero-order valence-electron chi connectivity index (χ0n) is 11.9. The van der Waals surface area contributed by atoms with Gasteiger partial charge in [0, 0.05) is 24.9 Å². The monoisotopic (exact) mass is 284 g/mol. The van der Waals surface area contributed by atoms with Crippen molar-refractivity contribution in [2.75, 3.05) is 20.3 Å². The van der Waals surface area contributed by atoms with Crippen LogP contribution >= 0.6 is 11.6 Å². The number of carbonyl (C=O) groups excluding carboxylic acids is 1. The van der Waals surface area contributed by atoms with E-state index in [4.69, 9.17) is 16.3 Å². The first-order valence-corrected chi connectivity index (χ1v) is 6.87. The van der Waals surface area contributed by atoms with Crippen molar-refractivity contribution in [2.45, 2.75) is 33.2 Å². The molecule has 0 radical (unpaired) electrons. The fourth-order valence-corrected chi connectivity index (χ4v) is 2.23. The van der Waals surface area contributed by atoms with Gasteiger partial charge < -0.3 is 9.64 Å². The van der Waals surface area contributed by atoms with E-state index in [1.165, 1.54) is 0 Å². The Morgan fingerprint density at radius 2 is 2.16 bits per heavy atom. The second-order valence-electron chi connectivity index (χ2n) is 4.42. The Labute approximate surface area is 119 Å². The van der Waals surface area contributed by atoms with Gasteiger partial charge in [0.05, 0.1) is 12.6 Å². The van der Waals surface area contributed by atoms with Crippen molar-refractivity contribution in [2.24, 2.45) is 0 Å². The van der Waals surface area contributed by atoms with Crippen LogP contribution in [0.2, 0.25) is 5.15 Å². The standard InChI is InChI=1S/C14H21ClN2O2/c1-5-12-7-11(8-13(15)16-12)14(18)17(6-2)10(3)9-19-4/h7-8,10H,5-6,9H2,1-4H3. The number of nitrogens with zero attached hydrogens (tertiary/aromatic N) is 2. The van der Waals surface area contributed by atoms with Crippen molar-refractivity contribution in [1.29, 1.82) is 0 Å². The molecule has 106 valence electrons. The van der Waals surface area contributed by atoms with Gasteiger partial charge in [-0.05, 0) is 32.4 Å². The van der Waals surface area contributed by atoms with E-state index in [0.717, 1.165) is 12.1 Å². The maximum Gasteiger partial charge on any atom is 0.254 e. The number of carbonyl (C=O) groups is 1. The molecule has 0 aromatic carbocycles. The van der Waals surface area contributed by atoms with Crippen LogP contribution < -0.4 is 0 Å². The Kier molecular flexibility index (Phi) is 6.25. The summed E-state index contributed by atoms with van der Waals surface area (Å²) in [7, 11) is 1.63. The summed E-state index contributed by atoms with van der Waals surface area (Å²) in [5, 5.41) is 0.359. The normalized spacial score (nSPS) is 12.3. The van der Waals surface area contributed by atoms with Crippen LogP contribution in [0.15, 0.2) is 12.1 Å². The highest BCUT2D eigenvalue weighted by Crippen LogP contribution is 2.15. The lowest BCUT2D eigenvalue weighted by atomic mass is 10.1. The van der Waals surface area contributed by atoms with E-state index in [-0.39, 0.29) is 11.9 Å². The summed E-state index contributed by atoms with van der Waals surface area (Å²) in [6.07, 6.45) is 0.751. The van der Waals surface area contributed by atoms with Crippen molar-refractivity contribution < 1.29 is 9.53 Å². The predicted molar refractivity (Wildman–Crippen MR) is 76.7 cm³/mol. The molecule has 1 unspecified atom stereocenters. The molecule has 0 saturated heterocycles. The smallest absolute Gasteiger partial charge is 0.254 e. The number of aryl methyl sites for hydroxylation is 1. The van der Waals surface area contributed by atoms with Crippen molar-refractivity contribution in [3.05, 3.63) is 28.5 Å². The van der Waals surface area contributed by atoms with Crippen molar-refractivity contribution in [3.8, 4) is 0 Å². The van der Waals surface area contributed by atoms with Gasteiger partial charge in [0.15, 0.2) is 0 Å². The third-order valence-corrected chi connectivity index (χ3v) is 3.19. The van der Waals surface area contributed by atoms with Crippen LogP contribution in [0.1, 0.15) is 36.8 Å². The summed E-state index contributed by atoms with van der Waals surface area (Å²) in [6, 6.07) is 3.45. The van der Waals surface area contributed by atoms with Gasteiger partial charge in [0.1, 0.15) is 5.15 Å². The van der Waals surface area contributed by atoms with Crippen LogP contribution in [0.5, 0.6) is 0 Å². The van der Waals surface area contributed by atoms with Crippen LogP contribution in [0.3, 0.4) is 0 Å². The third kappa shape index (κ3) is 4.18. The molecule has 1 aromatic rings. The molecular weight excluding hydrogens is 264 g/mol.